The largest absolute Gasteiger partial charge is 0.354 e. The topological polar surface area (TPSA) is 87.6 Å². The molecule has 1 amide bonds. The van der Waals surface area contributed by atoms with Gasteiger partial charge in [-0.1, -0.05) is 31.5 Å². The Balaban J connectivity index is 2.25. The fourth-order valence-corrected chi connectivity index (χ4v) is 4.09. The Morgan fingerprint density at radius 3 is 2.56 bits per heavy atom. The molecule has 0 fully saturated rings. The summed E-state index contributed by atoms with van der Waals surface area (Å²) >= 11 is 0. The number of amides is 1. The zero-order chi connectivity index (χ0) is 18.6. The molecular formula is C18H25N3O3S. The molecule has 0 unspecified atom stereocenters. The monoisotopic (exact) mass is 363 g/mol. The Kier molecular flexibility index (Phi) is 6.00. The summed E-state index contributed by atoms with van der Waals surface area (Å²) in [5.74, 6) is 0.0199. The standard InChI is InChI=1S/C18H25N3O3S/c1-5-6-9-19-16(22)11-20-18-14(4)17(25(23,24)21-18)15-8-7-12(2)13(3)10-15/h7-8,10H,5-6,9,11H2,1-4H3,(H,19,22)(H,20,21). The van der Waals surface area contributed by atoms with Crippen LogP contribution in [0.25, 0.3) is 4.91 Å². The Morgan fingerprint density at radius 1 is 1.20 bits per heavy atom. The van der Waals surface area contributed by atoms with E-state index in [0.29, 0.717) is 17.7 Å². The fraction of sp³-hybridized carbons (Fsp3) is 0.444. The zero-order valence-corrected chi connectivity index (χ0v) is 16.0. The molecular weight excluding hydrogens is 338 g/mol. The minimum absolute atomic E-state index is 0.0981. The van der Waals surface area contributed by atoms with Crippen LogP contribution < -0.4 is 10.0 Å². The number of benzene rings is 1. The number of rotatable bonds is 6. The normalized spacial score (nSPS) is 17.7. The van der Waals surface area contributed by atoms with Gasteiger partial charge in [-0.25, -0.2) is 8.42 Å². The Morgan fingerprint density at radius 2 is 1.92 bits per heavy atom. The van der Waals surface area contributed by atoms with Gasteiger partial charge in [-0.05, 0) is 43.9 Å². The van der Waals surface area contributed by atoms with Gasteiger partial charge in [0.05, 0.1) is 0 Å². The lowest BCUT2D eigenvalue weighted by molar-refractivity contribution is -0.119. The number of carbonyl (C=O) groups excluding carboxylic acids is 1. The van der Waals surface area contributed by atoms with Gasteiger partial charge in [-0.15, -0.1) is 0 Å². The summed E-state index contributed by atoms with van der Waals surface area (Å²) < 4.78 is 27.4. The summed E-state index contributed by atoms with van der Waals surface area (Å²) in [7, 11) is -3.67. The van der Waals surface area contributed by atoms with Gasteiger partial charge < -0.3 is 5.32 Å². The SMILES string of the molecule is CCCCNC(=O)CN=C1NS(=O)(=O)C(c2ccc(C)c(C)c2)=C1C. The number of unbranched alkanes of at least 4 members (excludes halogenated alkanes) is 1. The molecule has 2 rings (SSSR count). The number of sulfonamides is 1. The van der Waals surface area contributed by atoms with Crippen LogP contribution >= 0.6 is 0 Å². The van der Waals surface area contributed by atoms with E-state index in [0.717, 1.165) is 24.0 Å². The van der Waals surface area contributed by atoms with Crippen LogP contribution in [0.4, 0.5) is 0 Å². The number of amidine groups is 1. The van der Waals surface area contributed by atoms with Gasteiger partial charge in [0.1, 0.15) is 17.3 Å². The first-order chi connectivity index (χ1) is 11.8. The summed E-state index contributed by atoms with van der Waals surface area (Å²) in [6.45, 7) is 8.18. The summed E-state index contributed by atoms with van der Waals surface area (Å²) in [4.78, 5) is 16.1. The molecule has 1 aliphatic rings. The van der Waals surface area contributed by atoms with E-state index in [2.05, 4.69) is 15.0 Å². The first-order valence-electron chi connectivity index (χ1n) is 8.39. The van der Waals surface area contributed by atoms with Crippen molar-refractivity contribution in [2.45, 2.75) is 40.5 Å². The molecule has 0 saturated heterocycles. The molecule has 0 radical (unpaired) electrons. The van der Waals surface area contributed by atoms with E-state index in [9.17, 15) is 13.2 Å². The van der Waals surface area contributed by atoms with Crippen molar-refractivity contribution in [1.29, 1.82) is 0 Å². The third kappa shape index (κ3) is 4.48. The third-order valence-electron chi connectivity index (χ3n) is 4.20. The highest BCUT2D eigenvalue weighted by atomic mass is 32.2. The van der Waals surface area contributed by atoms with E-state index < -0.39 is 10.0 Å². The molecule has 0 aliphatic carbocycles. The quantitative estimate of drug-likeness (QED) is 0.760. The lowest BCUT2D eigenvalue weighted by Gasteiger charge is -2.06. The van der Waals surface area contributed by atoms with Crippen LogP contribution in [0.2, 0.25) is 0 Å². The molecule has 1 aromatic rings. The second-order valence-electron chi connectivity index (χ2n) is 6.23. The number of nitrogens with zero attached hydrogens (tertiary/aromatic N) is 1. The molecule has 1 aromatic carbocycles. The van der Waals surface area contributed by atoms with Crippen molar-refractivity contribution in [3.63, 3.8) is 0 Å². The van der Waals surface area contributed by atoms with Crippen molar-refractivity contribution in [3.8, 4) is 0 Å². The van der Waals surface area contributed by atoms with E-state index in [1.165, 1.54) is 0 Å². The summed E-state index contributed by atoms with van der Waals surface area (Å²) in [6.07, 6.45) is 1.90. The Bertz CT molecular complexity index is 839. The first kappa shape index (κ1) is 19.2. The van der Waals surface area contributed by atoms with Crippen molar-refractivity contribution >= 4 is 26.7 Å². The number of hydrogen-bond acceptors (Lipinski definition) is 4. The number of aryl methyl sites for hydroxylation is 2. The van der Waals surface area contributed by atoms with Crippen molar-refractivity contribution in [1.82, 2.24) is 10.0 Å². The molecule has 0 atom stereocenters. The summed E-state index contributed by atoms with van der Waals surface area (Å²) in [6, 6.07) is 5.55. The molecule has 1 heterocycles. The molecule has 0 bridgehead atoms. The van der Waals surface area contributed by atoms with Crippen molar-refractivity contribution in [2.24, 2.45) is 4.99 Å². The van der Waals surface area contributed by atoms with Crippen LogP contribution in [0.15, 0.2) is 28.8 Å². The van der Waals surface area contributed by atoms with Crippen LogP contribution in [0.5, 0.6) is 0 Å². The molecule has 1 aliphatic heterocycles. The lowest BCUT2D eigenvalue weighted by atomic mass is 10.0. The number of hydrogen-bond donors (Lipinski definition) is 2. The highest BCUT2D eigenvalue weighted by Gasteiger charge is 2.32. The summed E-state index contributed by atoms with van der Waals surface area (Å²) in [5.41, 5.74) is 3.28. The molecule has 0 aromatic heterocycles. The van der Waals surface area contributed by atoms with Crippen LogP contribution in [0, 0.1) is 13.8 Å². The smallest absolute Gasteiger partial charge is 0.264 e. The van der Waals surface area contributed by atoms with Gasteiger partial charge in [-0.3, -0.25) is 14.5 Å². The van der Waals surface area contributed by atoms with Crippen LogP contribution in [0.3, 0.4) is 0 Å². The number of aliphatic imine (C=N–C) groups is 1. The molecule has 136 valence electrons. The molecule has 0 spiro atoms. The zero-order valence-electron chi connectivity index (χ0n) is 15.1. The van der Waals surface area contributed by atoms with Crippen molar-refractivity contribution in [3.05, 3.63) is 40.5 Å². The van der Waals surface area contributed by atoms with Gasteiger partial charge in [0, 0.05) is 12.1 Å². The van der Waals surface area contributed by atoms with Gasteiger partial charge in [0.15, 0.2) is 0 Å². The highest BCUT2D eigenvalue weighted by molar-refractivity contribution is 8.00. The van der Waals surface area contributed by atoms with E-state index >= 15 is 0 Å². The minimum atomic E-state index is -3.67. The van der Waals surface area contributed by atoms with Crippen LogP contribution in [0.1, 0.15) is 43.4 Å². The van der Waals surface area contributed by atoms with Crippen molar-refractivity contribution < 1.29 is 13.2 Å². The second-order valence-corrected chi connectivity index (χ2v) is 7.85. The van der Waals surface area contributed by atoms with Gasteiger partial charge in [0.2, 0.25) is 5.91 Å². The van der Waals surface area contributed by atoms with E-state index in [1.807, 2.05) is 32.9 Å². The number of nitrogens with one attached hydrogen (secondary N) is 2. The fourth-order valence-electron chi connectivity index (χ4n) is 2.58. The predicted molar refractivity (Wildman–Crippen MR) is 101 cm³/mol. The average Bonchev–Trinajstić information content (AvgIpc) is 2.77. The van der Waals surface area contributed by atoms with E-state index in [1.54, 1.807) is 13.0 Å². The molecule has 7 heteroatoms. The van der Waals surface area contributed by atoms with Crippen LogP contribution in [-0.2, 0) is 14.8 Å². The van der Waals surface area contributed by atoms with Crippen molar-refractivity contribution in [2.75, 3.05) is 13.1 Å². The maximum Gasteiger partial charge on any atom is 0.264 e. The molecule has 0 saturated carbocycles. The number of carbonyl (C=O) groups is 1. The lowest BCUT2D eigenvalue weighted by Crippen LogP contribution is -2.29. The van der Waals surface area contributed by atoms with E-state index in [4.69, 9.17) is 0 Å². The Hall–Kier alpha value is -2.15. The molecule has 2 N–H and O–H groups in total. The van der Waals surface area contributed by atoms with Gasteiger partial charge in [0.25, 0.3) is 10.0 Å². The maximum absolute atomic E-state index is 12.5. The highest BCUT2D eigenvalue weighted by Crippen LogP contribution is 2.30. The van der Waals surface area contributed by atoms with Crippen LogP contribution in [-0.4, -0.2) is 33.3 Å². The predicted octanol–water partition coefficient (Wildman–Crippen LogP) is 2.28. The Labute approximate surface area is 149 Å². The second kappa shape index (κ2) is 7.82. The summed E-state index contributed by atoms with van der Waals surface area (Å²) in [5, 5.41) is 2.76. The molecule has 25 heavy (non-hydrogen) atoms. The molecule has 6 nitrogen and oxygen atoms in total. The van der Waals surface area contributed by atoms with Gasteiger partial charge >= 0.3 is 0 Å². The maximum atomic E-state index is 12.5. The van der Waals surface area contributed by atoms with Gasteiger partial charge in [-0.2, -0.15) is 0 Å². The third-order valence-corrected chi connectivity index (χ3v) is 5.74. The van der Waals surface area contributed by atoms with E-state index in [-0.39, 0.29) is 23.2 Å². The average molecular weight is 363 g/mol. The minimum Gasteiger partial charge on any atom is -0.354 e. The first-order valence-corrected chi connectivity index (χ1v) is 9.87.